The fourth-order valence-electron chi connectivity index (χ4n) is 2.94. The van der Waals surface area contributed by atoms with Crippen LogP contribution >= 0.6 is 27.3 Å². The Morgan fingerprint density at radius 2 is 2.30 bits per heavy atom. The van der Waals surface area contributed by atoms with Crippen molar-refractivity contribution in [3.05, 3.63) is 50.1 Å². The minimum Gasteiger partial charge on any atom is -0.497 e. The summed E-state index contributed by atoms with van der Waals surface area (Å²) in [6.07, 6.45) is 2.60. The van der Waals surface area contributed by atoms with Gasteiger partial charge < -0.3 is 15.2 Å². The standard InChI is InChI=1S/C17H18BrNO3S/c1-22-11-4-5-14(18)12(9-11)16(20)19-10-17(21)7-2-3-15-13(17)6-8-23-15/h4-6,8-9,21H,2-3,7,10H2,1H3,(H,19,20). The lowest BCUT2D eigenvalue weighted by atomic mass is 9.83. The Hall–Kier alpha value is -1.37. The molecular formula is C17H18BrNO3S. The average molecular weight is 396 g/mol. The van der Waals surface area contributed by atoms with Gasteiger partial charge in [0, 0.05) is 9.35 Å². The smallest absolute Gasteiger partial charge is 0.252 e. The number of methoxy groups -OCH3 is 1. The molecule has 1 heterocycles. The Morgan fingerprint density at radius 1 is 1.48 bits per heavy atom. The van der Waals surface area contributed by atoms with Crippen LogP contribution in [0.4, 0.5) is 0 Å². The average Bonchev–Trinajstić information content (AvgIpc) is 3.04. The van der Waals surface area contributed by atoms with Gasteiger partial charge in [-0.3, -0.25) is 4.79 Å². The van der Waals surface area contributed by atoms with Gasteiger partial charge in [-0.25, -0.2) is 0 Å². The molecule has 0 spiro atoms. The zero-order valence-electron chi connectivity index (χ0n) is 12.8. The second-order valence-electron chi connectivity index (χ2n) is 5.67. The maximum Gasteiger partial charge on any atom is 0.252 e. The van der Waals surface area contributed by atoms with E-state index in [0.29, 0.717) is 22.2 Å². The summed E-state index contributed by atoms with van der Waals surface area (Å²) in [7, 11) is 1.56. The molecule has 1 unspecified atom stereocenters. The highest BCUT2D eigenvalue weighted by Gasteiger charge is 2.35. The molecule has 23 heavy (non-hydrogen) atoms. The molecule has 1 aliphatic carbocycles. The minimum absolute atomic E-state index is 0.208. The van der Waals surface area contributed by atoms with Crippen LogP contribution in [-0.2, 0) is 12.0 Å². The van der Waals surface area contributed by atoms with Gasteiger partial charge in [0.2, 0.25) is 0 Å². The molecule has 6 heteroatoms. The summed E-state index contributed by atoms with van der Waals surface area (Å²) in [5.41, 5.74) is 0.474. The van der Waals surface area contributed by atoms with Crippen molar-refractivity contribution in [2.75, 3.05) is 13.7 Å². The molecule has 0 saturated heterocycles. The first kappa shape index (κ1) is 16.5. The van der Waals surface area contributed by atoms with Gasteiger partial charge in [0.05, 0.1) is 19.2 Å². The van der Waals surface area contributed by atoms with Crippen molar-refractivity contribution >= 4 is 33.2 Å². The zero-order chi connectivity index (χ0) is 16.4. The molecule has 1 aromatic carbocycles. The Kier molecular flexibility index (Phi) is 4.75. The number of ether oxygens (including phenoxy) is 1. The molecule has 0 fully saturated rings. The third kappa shape index (κ3) is 3.29. The molecule has 0 bridgehead atoms. The van der Waals surface area contributed by atoms with Gasteiger partial charge in [0.25, 0.3) is 5.91 Å². The van der Waals surface area contributed by atoms with Gasteiger partial charge in [0.1, 0.15) is 11.4 Å². The van der Waals surface area contributed by atoms with Crippen LogP contribution < -0.4 is 10.1 Å². The van der Waals surface area contributed by atoms with E-state index in [1.54, 1.807) is 36.6 Å². The SMILES string of the molecule is COc1ccc(Br)c(C(=O)NCC2(O)CCCc3sccc32)c1. The van der Waals surface area contributed by atoms with Crippen LogP contribution in [0.2, 0.25) is 0 Å². The minimum atomic E-state index is -0.978. The molecule has 4 nitrogen and oxygen atoms in total. The van der Waals surface area contributed by atoms with Gasteiger partial charge in [-0.1, -0.05) is 0 Å². The predicted molar refractivity (Wildman–Crippen MR) is 94.2 cm³/mol. The monoisotopic (exact) mass is 395 g/mol. The highest BCUT2D eigenvalue weighted by molar-refractivity contribution is 9.10. The van der Waals surface area contributed by atoms with Crippen LogP contribution in [0.1, 0.15) is 33.6 Å². The van der Waals surface area contributed by atoms with Crippen molar-refractivity contribution in [1.82, 2.24) is 5.32 Å². The van der Waals surface area contributed by atoms with Crippen molar-refractivity contribution in [3.8, 4) is 5.75 Å². The number of halogens is 1. The quantitative estimate of drug-likeness (QED) is 0.832. The van der Waals surface area contributed by atoms with Crippen molar-refractivity contribution < 1.29 is 14.6 Å². The molecule has 2 N–H and O–H groups in total. The number of aliphatic hydroxyl groups is 1. The molecule has 1 aliphatic rings. The topological polar surface area (TPSA) is 58.6 Å². The lowest BCUT2D eigenvalue weighted by Crippen LogP contribution is -2.42. The second kappa shape index (κ2) is 6.63. The molecule has 0 radical (unpaired) electrons. The van der Waals surface area contributed by atoms with Crippen molar-refractivity contribution in [3.63, 3.8) is 0 Å². The molecule has 0 aliphatic heterocycles. The molecular weight excluding hydrogens is 378 g/mol. The number of nitrogens with one attached hydrogen (secondary N) is 1. The summed E-state index contributed by atoms with van der Waals surface area (Å²) >= 11 is 5.05. The van der Waals surface area contributed by atoms with Crippen LogP contribution in [0.5, 0.6) is 5.75 Å². The van der Waals surface area contributed by atoms with E-state index >= 15 is 0 Å². The molecule has 1 amide bonds. The van der Waals surface area contributed by atoms with Crippen LogP contribution in [0.3, 0.4) is 0 Å². The number of fused-ring (bicyclic) bond motifs is 1. The number of thiophene rings is 1. The van der Waals surface area contributed by atoms with Crippen LogP contribution in [0.25, 0.3) is 0 Å². The van der Waals surface area contributed by atoms with E-state index in [0.717, 1.165) is 18.4 Å². The predicted octanol–water partition coefficient (Wildman–Crippen LogP) is 3.47. The van der Waals surface area contributed by atoms with E-state index in [1.165, 1.54) is 4.88 Å². The highest BCUT2D eigenvalue weighted by atomic mass is 79.9. The van der Waals surface area contributed by atoms with Gasteiger partial charge in [-0.2, -0.15) is 0 Å². The number of aryl methyl sites for hydroxylation is 1. The Morgan fingerprint density at radius 3 is 3.09 bits per heavy atom. The number of hydrogen-bond donors (Lipinski definition) is 2. The molecule has 3 rings (SSSR count). The fourth-order valence-corrected chi connectivity index (χ4v) is 4.38. The lowest BCUT2D eigenvalue weighted by Gasteiger charge is -2.32. The third-order valence-electron chi connectivity index (χ3n) is 4.20. The van der Waals surface area contributed by atoms with E-state index in [4.69, 9.17) is 4.74 Å². The number of carbonyl (C=O) groups is 1. The van der Waals surface area contributed by atoms with Gasteiger partial charge in [-0.15, -0.1) is 11.3 Å². The summed E-state index contributed by atoms with van der Waals surface area (Å²) in [6.45, 7) is 0.208. The zero-order valence-corrected chi connectivity index (χ0v) is 15.2. The van der Waals surface area contributed by atoms with E-state index in [9.17, 15) is 9.90 Å². The number of hydrogen-bond acceptors (Lipinski definition) is 4. The second-order valence-corrected chi connectivity index (χ2v) is 7.53. The van der Waals surface area contributed by atoms with E-state index in [1.807, 2.05) is 11.4 Å². The lowest BCUT2D eigenvalue weighted by molar-refractivity contribution is 0.0197. The Bertz CT molecular complexity index is 730. The van der Waals surface area contributed by atoms with Crippen molar-refractivity contribution in [2.24, 2.45) is 0 Å². The molecule has 0 saturated carbocycles. The summed E-state index contributed by atoms with van der Waals surface area (Å²) in [4.78, 5) is 13.7. The largest absolute Gasteiger partial charge is 0.497 e. The maximum absolute atomic E-state index is 12.5. The summed E-state index contributed by atoms with van der Waals surface area (Å²) in [6, 6.07) is 7.21. The highest BCUT2D eigenvalue weighted by Crippen LogP contribution is 2.37. The number of amides is 1. The van der Waals surface area contributed by atoms with E-state index in [2.05, 4.69) is 21.2 Å². The maximum atomic E-state index is 12.5. The van der Waals surface area contributed by atoms with Crippen LogP contribution in [0.15, 0.2) is 34.1 Å². The first-order valence-corrected chi connectivity index (χ1v) is 9.12. The number of rotatable bonds is 4. The summed E-state index contributed by atoms with van der Waals surface area (Å²) < 4.78 is 5.86. The molecule has 2 aromatic rings. The molecule has 1 atom stereocenters. The van der Waals surface area contributed by atoms with Gasteiger partial charge in [-0.05, 0) is 70.4 Å². The van der Waals surface area contributed by atoms with E-state index < -0.39 is 5.60 Å². The van der Waals surface area contributed by atoms with Crippen LogP contribution in [-0.4, -0.2) is 24.7 Å². The van der Waals surface area contributed by atoms with Gasteiger partial charge >= 0.3 is 0 Å². The van der Waals surface area contributed by atoms with Crippen molar-refractivity contribution in [2.45, 2.75) is 24.9 Å². The first-order chi connectivity index (χ1) is 11.0. The normalized spacial score (nSPS) is 20.0. The number of carbonyl (C=O) groups excluding carboxylic acids is 1. The van der Waals surface area contributed by atoms with Crippen molar-refractivity contribution in [1.29, 1.82) is 0 Å². The number of benzene rings is 1. The Balaban J connectivity index is 1.75. The Labute approximate surface area is 147 Å². The molecule has 122 valence electrons. The summed E-state index contributed by atoms with van der Waals surface area (Å²) in [5, 5.41) is 15.8. The van der Waals surface area contributed by atoms with Crippen LogP contribution in [0, 0.1) is 0 Å². The summed E-state index contributed by atoms with van der Waals surface area (Å²) in [5.74, 6) is 0.390. The third-order valence-corrected chi connectivity index (χ3v) is 5.87. The fraction of sp³-hybridized carbons (Fsp3) is 0.353. The molecule has 1 aromatic heterocycles. The van der Waals surface area contributed by atoms with Gasteiger partial charge in [0.15, 0.2) is 0 Å². The van der Waals surface area contributed by atoms with E-state index in [-0.39, 0.29) is 12.5 Å². The first-order valence-electron chi connectivity index (χ1n) is 7.44.